The molecule has 2 aromatic rings. The SMILES string of the molecule is OCC1CN(Cc2ccc(F)c3cccnc23)CCO1. The average Bonchev–Trinajstić information content (AvgIpc) is 2.51. The molecule has 1 aromatic carbocycles. The number of fused-ring (bicyclic) bond motifs is 1. The first-order chi connectivity index (χ1) is 9.78. The van der Waals surface area contributed by atoms with Crippen LogP contribution in [0.1, 0.15) is 5.56 Å². The number of hydrogen-bond acceptors (Lipinski definition) is 4. The first-order valence-electron chi connectivity index (χ1n) is 6.75. The van der Waals surface area contributed by atoms with E-state index >= 15 is 0 Å². The van der Waals surface area contributed by atoms with Crippen LogP contribution in [0, 0.1) is 5.82 Å². The summed E-state index contributed by atoms with van der Waals surface area (Å²) in [5.74, 6) is -0.243. The van der Waals surface area contributed by atoms with Crippen molar-refractivity contribution in [2.24, 2.45) is 0 Å². The van der Waals surface area contributed by atoms with Crippen molar-refractivity contribution in [3.63, 3.8) is 0 Å². The number of benzene rings is 1. The fourth-order valence-electron chi connectivity index (χ4n) is 2.60. The summed E-state index contributed by atoms with van der Waals surface area (Å²) < 4.78 is 19.2. The van der Waals surface area contributed by atoms with Gasteiger partial charge in [-0.3, -0.25) is 9.88 Å². The molecular formula is C15H17FN2O2. The molecule has 106 valence electrons. The fourth-order valence-corrected chi connectivity index (χ4v) is 2.60. The molecule has 0 bridgehead atoms. The molecule has 1 aliphatic heterocycles. The molecule has 0 amide bonds. The Morgan fingerprint density at radius 2 is 2.30 bits per heavy atom. The highest BCUT2D eigenvalue weighted by atomic mass is 19.1. The summed E-state index contributed by atoms with van der Waals surface area (Å²) in [6.07, 6.45) is 1.55. The molecule has 5 heteroatoms. The fraction of sp³-hybridized carbons (Fsp3) is 0.400. The molecule has 1 N–H and O–H groups in total. The van der Waals surface area contributed by atoms with Crippen LogP contribution < -0.4 is 0 Å². The van der Waals surface area contributed by atoms with Crippen LogP contribution in [0.4, 0.5) is 4.39 Å². The van der Waals surface area contributed by atoms with Gasteiger partial charge in [0.1, 0.15) is 5.82 Å². The number of aliphatic hydroxyl groups excluding tert-OH is 1. The van der Waals surface area contributed by atoms with Crippen LogP contribution >= 0.6 is 0 Å². The third-order valence-corrected chi connectivity index (χ3v) is 3.62. The van der Waals surface area contributed by atoms with Gasteiger partial charge in [0.25, 0.3) is 0 Å². The lowest BCUT2D eigenvalue weighted by atomic mass is 10.1. The molecule has 0 spiro atoms. The molecule has 0 radical (unpaired) electrons. The summed E-state index contributed by atoms with van der Waals surface area (Å²) in [5, 5.41) is 9.72. The largest absolute Gasteiger partial charge is 0.394 e. The van der Waals surface area contributed by atoms with Gasteiger partial charge in [-0.1, -0.05) is 6.07 Å². The smallest absolute Gasteiger partial charge is 0.132 e. The van der Waals surface area contributed by atoms with Crippen LogP contribution in [0.2, 0.25) is 0 Å². The molecule has 1 saturated heterocycles. The molecule has 0 saturated carbocycles. The summed E-state index contributed by atoms with van der Waals surface area (Å²) in [4.78, 5) is 6.50. The maximum atomic E-state index is 13.8. The van der Waals surface area contributed by atoms with Crippen molar-refractivity contribution in [2.75, 3.05) is 26.3 Å². The van der Waals surface area contributed by atoms with E-state index in [4.69, 9.17) is 9.84 Å². The Morgan fingerprint density at radius 1 is 1.40 bits per heavy atom. The van der Waals surface area contributed by atoms with E-state index in [0.717, 1.165) is 12.1 Å². The maximum Gasteiger partial charge on any atom is 0.132 e. The van der Waals surface area contributed by atoms with Gasteiger partial charge in [-0.2, -0.15) is 0 Å². The Balaban J connectivity index is 1.86. The van der Waals surface area contributed by atoms with Crippen LogP contribution in [-0.2, 0) is 11.3 Å². The second kappa shape index (κ2) is 5.83. The summed E-state index contributed by atoms with van der Waals surface area (Å²) in [7, 11) is 0. The van der Waals surface area contributed by atoms with Gasteiger partial charge in [-0.05, 0) is 23.8 Å². The number of ether oxygens (including phenoxy) is 1. The van der Waals surface area contributed by atoms with Crippen molar-refractivity contribution in [1.82, 2.24) is 9.88 Å². The molecule has 3 rings (SSSR count). The summed E-state index contributed by atoms with van der Waals surface area (Å²) in [6, 6.07) is 6.76. The van der Waals surface area contributed by atoms with E-state index in [1.54, 1.807) is 24.4 Å². The summed E-state index contributed by atoms with van der Waals surface area (Å²) in [5.41, 5.74) is 1.71. The topological polar surface area (TPSA) is 45.6 Å². The van der Waals surface area contributed by atoms with Crippen molar-refractivity contribution in [2.45, 2.75) is 12.6 Å². The number of aliphatic hydroxyl groups is 1. The van der Waals surface area contributed by atoms with Gasteiger partial charge in [-0.25, -0.2) is 4.39 Å². The molecule has 1 aromatic heterocycles. The predicted octanol–water partition coefficient (Wildman–Crippen LogP) is 1.57. The van der Waals surface area contributed by atoms with Crippen LogP contribution in [0.5, 0.6) is 0 Å². The Hall–Kier alpha value is -1.56. The summed E-state index contributed by atoms with van der Waals surface area (Å²) >= 11 is 0. The first-order valence-corrected chi connectivity index (χ1v) is 6.75. The Kier molecular flexibility index (Phi) is 3.91. The van der Waals surface area contributed by atoms with Crippen molar-refractivity contribution >= 4 is 10.9 Å². The Morgan fingerprint density at radius 3 is 3.15 bits per heavy atom. The van der Waals surface area contributed by atoms with Crippen LogP contribution in [0.3, 0.4) is 0 Å². The van der Waals surface area contributed by atoms with Gasteiger partial charge in [0, 0.05) is 31.2 Å². The Bertz CT molecular complexity index is 605. The van der Waals surface area contributed by atoms with Crippen LogP contribution in [0.15, 0.2) is 30.5 Å². The quantitative estimate of drug-likeness (QED) is 0.924. The highest BCUT2D eigenvalue weighted by Gasteiger charge is 2.20. The molecule has 2 heterocycles. The van der Waals surface area contributed by atoms with Crippen molar-refractivity contribution in [3.05, 3.63) is 41.8 Å². The lowest BCUT2D eigenvalue weighted by Crippen LogP contribution is -2.43. The third kappa shape index (κ3) is 2.65. The highest BCUT2D eigenvalue weighted by molar-refractivity contribution is 5.82. The second-order valence-corrected chi connectivity index (χ2v) is 5.02. The first kappa shape index (κ1) is 13.4. The van der Waals surface area contributed by atoms with Gasteiger partial charge < -0.3 is 9.84 Å². The lowest BCUT2D eigenvalue weighted by molar-refractivity contribution is -0.0550. The molecular weight excluding hydrogens is 259 g/mol. The van der Waals surface area contributed by atoms with Crippen LogP contribution in [0.25, 0.3) is 10.9 Å². The van der Waals surface area contributed by atoms with Gasteiger partial charge in [0.05, 0.1) is 24.8 Å². The minimum Gasteiger partial charge on any atom is -0.394 e. The highest BCUT2D eigenvalue weighted by Crippen LogP contribution is 2.21. The maximum absolute atomic E-state index is 13.8. The summed E-state index contributed by atoms with van der Waals surface area (Å²) in [6.45, 7) is 2.81. The van der Waals surface area contributed by atoms with Gasteiger partial charge >= 0.3 is 0 Å². The predicted molar refractivity (Wildman–Crippen MR) is 73.8 cm³/mol. The van der Waals surface area contributed by atoms with Gasteiger partial charge in [-0.15, -0.1) is 0 Å². The third-order valence-electron chi connectivity index (χ3n) is 3.62. The van der Waals surface area contributed by atoms with E-state index in [2.05, 4.69) is 9.88 Å². The normalized spacial score (nSPS) is 20.4. The number of rotatable bonds is 3. The zero-order valence-electron chi connectivity index (χ0n) is 11.1. The van der Waals surface area contributed by atoms with E-state index in [1.165, 1.54) is 6.07 Å². The minimum atomic E-state index is -0.243. The average molecular weight is 276 g/mol. The van der Waals surface area contributed by atoms with E-state index in [1.807, 2.05) is 0 Å². The second-order valence-electron chi connectivity index (χ2n) is 5.02. The molecule has 4 nitrogen and oxygen atoms in total. The zero-order chi connectivity index (χ0) is 13.9. The number of aromatic nitrogens is 1. The van der Waals surface area contributed by atoms with E-state index in [9.17, 15) is 4.39 Å². The number of halogens is 1. The molecule has 0 aliphatic carbocycles. The molecule has 1 fully saturated rings. The molecule has 1 unspecified atom stereocenters. The standard InChI is InChI=1S/C15H17FN2O2/c16-14-4-3-11(15-13(14)2-1-5-17-15)8-18-6-7-20-12(9-18)10-19/h1-5,12,19H,6-10H2. The lowest BCUT2D eigenvalue weighted by Gasteiger charge is -2.32. The van der Waals surface area contributed by atoms with E-state index < -0.39 is 0 Å². The number of pyridine rings is 1. The van der Waals surface area contributed by atoms with Gasteiger partial charge in [0.2, 0.25) is 0 Å². The molecule has 1 atom stereocenters. The van der Waals surface area contributed by atoms with Crippen LogP contribution in [-0.4, -0.2) is 47.4 Å². The van der Waals surface area contributed by atoms with Crippen molar-refractivity contribution in [1.29, 1.82) is 0 Å². The van der Waals surface area contributed by atoms with Crippen molar-refractivity contribution < 1.29 is 14.2 Å². The number of hydrogen-bond donors (Lipinski definition) is 1. The van der Waals surface area contributed by atoms with E-state index in [0.29, 0.717) is 30.6 Å². The van der Waals surface area contributed by atoms with E-state index in [-0.39, 0.29) is 18.5 Å². The Labute approximate surface area is 116 Å². The molecule has 20 heavy (non-hydrogen) atoms. The monoisotopic (exact) mass is 276 g/mol. The minimum absolute atomic E-state index is 0.0267. The van der Waals surface area contributed by atoms with Gasteiger partial charge in [0.15, 0.2) is 0 Å². The molecule has 1 aliphatic rings. The van der Waals surface area contributed by atoms with Crippen molar-refractivity contribution in [3.8, 4) is 0 Å². The number of morpholine rings is 1. The number of nitrogens with zero attached hydrogens (tertiary/aromatic N) is 2. The zero-order valence-corrected chi connectivity index (χ0v) is 11.1.